The van der Waals surface area contributed by atoms with Crippen LogP contribution in [0.25, 0.3) is 0 Å². The highest BCUT2D eigenvalue weighted by atomic mass is 35.5. The summed E-state index contributed by atoms with van der Waals surface area (Å²) in [5, 5.41) is 0.176. The number of aromatic nitrogens is 1. The average molecular weight is 297 g/mol. The maximum absolute atomic E-state index is 11.9. The van der Waals surface area contributed by atoms with E-state index in [2.05, 4.69) is 4.98 Å². The molecule has 0 spiro atoms. The molecule has 0 unspecified atom stereocenters. The Morgan fingerprint density at radius 1 is 1.16 bits per heavy atom. The van der Waals surface area contributed by atoms with E-state index in [1.54, 1.807) is 18.2 Å². The van der Waals surface area contributed by atoms with Crippen LogP contribution in [0.5, 0.6) is 0 Å². The molecule has 0 saturated carbocycles. The number of carbonyl (C=O) groups excluding carboxylic acids is 1. The Labute approximate surface area is 115 Å². The number of sulfonamides is 1. The number of nitrogens with zero attached hydrogens (tertiary/aromatic N) is 1. The summed E-state index contributed by atoms with van der Waals surface area (Å²) in [5.41, 5.74) is 0.251. The largest absolute Gasteiger partial charge is 0.268 e. The van der Waals surface area contributed by atoms with E-state index in [0.717, 1.165) is 6.20 Å². The van der Waals surface area contributed by atoms with E-state index in [1.165, 1.54) is 24.4 Å². The fourth-order valence-corrected chi connectivity index (χ4v) is 2.57. The number of hydrogen-bond donors (Lipinski definition) is 1. The molecule has 5 nitrogen and oxygen atoms in total. The number of amides is 1. The second kappa shape index (κ2) is 5.38. The molecule has 0 fully saturated rings. The maximum Gasteiger partial charge on any atom is 0.265 e. The topological polar surface area (TPSA) is 76.1 Å². The molecule has 0 bridgehead atoms. The summed E-state index contributed by atoms with van der Waals surface area (Å²) in [6, 6.07) is 9.26. The van der Waals surface area contributed by atoms with E-state index in [1.807, 2.05) is 4.72 Å². The first-order chi connectivity index (χ1) is 8.99. The van der Waals surface area contributed by atoms with Crippen LogP contribution in [-0.2, 0) is 10.0 Å². The third kappa shape index (κ3) is 3.30. The highest BCUT2D eigenvalue weighted by Crippen LogP contribution is 2.13. The van der Waals surface area contributed by atoms with E-state index >= 15 is 0 Å². The third-order valence-corrected chi connectivity index (χ3v) is 3.76. The van der Waals surface area contributed by atoms with Crippen molar-refractivity contribution in [3.63, 3.8) is 0 Å². The maximum atomic E-state index is 11.9. The second-order valence-corrected chi connectivity index (χ2v) is 5.76. The number of hydrogen-bond acceptors (Lipinski definition) is 4. The standard InChI is InChI=1S/C12H9ClN2O3S/c13-10-6-11(8-14-7-10)19(17,18)15-12(16)9-4-2-1-3-5-9/h1-8H,(H,15,16). The Hall–Kier alpha value is -1.92. The fraction of sp³-hybridized carbons (Fsp3) is 0. The highest BCUT2D eigenvalue weighted by Gasteiger charge is 2.19. The summed E-state index contributed by atoms with van der Waals surface area (Å²) >= 11 is 5.66. The minimum atomic E-state index is -3.98. The molecule has 19 heavy (non-hydrogen) atoms. The van der Waals surface area contributed by atoms with Crippen LogP contribution >= 0.6 is 11.6 Å². The van der Waals surface area contributed by atoms with Crippen molar-refractivity contribution in [1.29, 1.82) is 0 Å². The summed E-state index contributed by atoms with van der Waals surface area (Å²) in [4.78, 5) is 15.3. The van der Waals surface area contributed by atoms with Crippen molar-refractivity contribution < 1.29 is 13.2 Å². The van der Waals surface area contributed by atoms with Gasteiger partial charge in [0.25, 0.3) is 15.9 Å². The van der Waals surface area contributed by atoms with Crippen LogP contribution in [0.2, 0.25) is 5.02 Å². The number of rotatable bonds is 3. The minimum Gasteiger partial charge on any atom is -0.268 e. The molecule has 2 aromatic rings. The molecule has 7 heteroatoms. The Morgan fingerprint density at radius 3 is 2.47 bits per heavy atom. The summed E-state index contributed by atoms with van der Waals surface area (Å²) in [6.45, 7) is 0. The SMILES string of the molecule is O=C(NS(=O)(=O)c1cncc(Cl)c1)c1ccccc1. The minimum absolute atomic E-state index is 0.163. The average Bonchev–Trinajstić information content (AvgIpc) is 2.39. The smallest absolute Gasteiger partial charge is 0.265 e. The summed E-state index contributed by atoms with van der Waals surface area (Å²) in [7, 11) is -3.98. The molecule has 0 aliphatic carbocycles. The van der Waals surface area contributed by atoms with Crippen molar-refractivity contribution in [2.24, 2.45) is 0 Å². The van der Waals surface area contributed by atoms with Crippen molar-refractivity contribution in [2.75, 3.05) is 0 Å². The van der Waals surface area contributed by atoms with Crippen LogP contribution in [0.15, 0.2) is 53.7 Å². The van der Waals surface area contributed by atoms with Crippen molar-refractivity contribution in [3.05, 3.63) is 59.4 Å². The normalized spacial score (nSPS) is 11.0. The molecule has 98 valence electrons. The molecular formula is C12H9ClN2O3S. The van der Waals surface area contributed by atoms with Crippen molar-refractivity contribution in [3.8, 4) is 0 Å². The molecule has 1 amide bonds. The van der Waals surface area contributed by atoms with Crippen LogP contribution < -0.4 is 4.72 Å². The predicted octanol–water partition coefficient (Wildman–Crippen LogP) is 1.85. The second-order valence-electron chi connectivity index (χ2n) is 3.64. The Balaban J connectivity index is 2.25. The number of carbonyl (C=O) groups is 1. The van der Waals surface area contributed by atoms with Crippen LogP contribution in [0.3, 0.4) is 0 Å². The monoisotopic (exact) mass is 296 g/mol. The molecule has 1 N–H and O–H groups in total. The number of pyridine rings is 1. The molecule has 0 radical (unpaired) electrons. The van der Waals surface area contributed by atoms with E-state index in [-0.39, 0.29) is 15.5 Å². The van der Waals surface area contributed by atoms with E-state index in [4.69, 9.17) is 11.6 Å². The first-order valence-corrected chi connectivity index (χ1v) is 7.08. The number of halogens is 1. The zero-order valence-corrected chi connectivity index (χ0v) is 11.1. The summed E-state index contributed by atoms with van der Waals surface area (Å²) in [6.07, 6.45) is 2.42. The van der Waals surface area contributed by atoms with Gasteiger partial charge in [-0.25, -0.2) is 13.1 Å². The first-order valence-electron chi connectivity index (χ1n) is 5.22. The molecular weight excluding hydrogens is 288 g/mol. The van der Waals surface area contributed by atoms with Gasteiger partial charge in [-0.15, -0.1) is 0 Å². The Kier molecular flexibility index (Phi) is 3.82. The van der Waals surface area contributed by atoms with Gasteiger partial charge in [0.05, 0.1) is 5.02 Å². The predicted molar refractivity (Wildman–Crippen MR) is 70.3 cm³/mol. The van der Waals surface area contributed by atoms with Gasteiger partial charge >= 0.3 is 0 Å². The van der Waals surface area contributed by atoms with Gasteiger partial charge < -0.3 is 0 Å². The van der Waals surface area contributed by atoms with Crippen molar-refractivity contribution in [1.82, 2.24) is 9.71 Å². The first kappa shape index (κ1) is 13.5. The van der Waals surface area contributed by atoms with E-state index in [0.29, 0.717) is 0 Å². The van der Waals surface area contributed by atoms with Gasteiger partial charge in [-0.2, -0.15) is 0 Å². The van der Waals surface area contributed by atoms with E-state index in [9.17, 15) is 13.2 Å². The third-order valence-electron chi connectivity index (χ3n) is 2.25. The lowest BCUT2D eigenvalue weighted by Gasteiger charge is -2.06. The Morgan fingerprint density at radius 2 is 1.84 bits per heavy atom. The van der Waals surface area contributed by atoms with Crippen molar-refractivity contribution in [2.45, 2.75) is 4.90 Å². The molecule has 2 rings (SSSR count). The molecule has 1 heterocycles. The van der Waals surface area contributed by atoms with Gasteiger partial charge in [-0.05, 0) is 18.2 Å². The van der Waals surface area contributed by atoms with Crippen LogP contribution in [0.4, 0.5) is 0 Å². The van der Waals surface area contributed by atoms with Gasteiger partial charge in [0, 0.05) is 18.0 Å². The van der Waals surface area contributed by atoms with E-state index < -0.39 is 15.9 Å². The molecule has 0 aliphatic rings. The van der Waals surface area contributed by atoms with Crippen LogP contribution in [0.1, 0.15) is 10.4 Å². The summed E-state index contributed by atoms with van der Waals surface area (Å²) < 4.78 is 25.8. The quantitative estimate of drug-likeness (QED) is 0.938. The van der Waals surface area contributed by atoms with Gasteiger partial charge in [0.15, 0.2) is 0 Å². The lowest BCUT2D eigenvalue weighted by Crippen LogP contribution is -2.30. The van der Waals surface area contributed by atoms with Gasteiger partial charge in [0.2, 0.25) is 0 Å². The van der Waals surface area contributed by atoms with Gasteiger partial charge in [-0.1, -0.05) is 29.8 Å². The molecule has 0 saturated heterocycles. The molecule has 0 aliphatic heterocycles. The van der Waals surface area contributed by atoms with Crippen LogP contribution in [0, 0.1) is 0 Å². The lowest BCUT2D eigenvalue weighted by atomic mass is 10.2. The lowest BCUT2D eigenvalue weighted by molar-refractivity contribution is 0.0981. The highest BCUT2D eigenvalue weighted by molar-refractivity contribution is 7.90. The zero-order chi connectivity index (χ0) is 13.9. The van der Waals surface area contributed by atoms with Crippen molar-refractivity contribution >= 4 is 27.5 Å². The zero-order valence-electron chi connectivity index (χ0n) is 9.58. The van der Waals surface area contributed by atoms with Gasteiger partial charge in [0.1, 0.15) is 4.90 Å². The summed E-state index contributed by atoms with van der Waals surface area (Å²) in [5.74, 6) is -0.708. The molecule has 1 aromatic carbocycles. The van der Waals surface area contributed by atoms with Crippen LogP contribution in [-0.4, -0.2) is 19.3 Å². The Bertz CT molecular complexity index is 702. The van der Waals surface area contributed by atoms with Gasteiger partial charge in [-0.3, -0.25) is 9.78 Å². The fourth-order valence-electron chi connectivity index (χ4n) is 1.37. The number of benzene rings is 1. The molecule has 1 aromatic heterocycles. The number of nitrogens with one attached hydrogen (secondary N) is 1. The molecule has 0 atom stereocenters.